The molecule has 1 aliphatic carbocycles. The Morgan fingerprint density at radius 1 is 1.29 bits per heavy atom. The second-order valence-electron chi connectivity index (χ2n) is 7.91. The van der Waals surface area contributed by atoms with Crippen LogP contribution in [0.15, 0.2) is 36.5 Å². The van der Waals surface area contributed by atoms with Crippen LogP contribution in [0.4, 0.5) is 0 Å². The highest BCUT2D eigenvalue weighted by molar-refractivity contribution is 8.00. The van der Waals surface area contributed by atoms with Crippen LogP contribution in [0.1, 0.15) is 50.5 Å². The lowest BCUT2D eigenvalue weighted by molar-refractivity contribution is -0.130. The number of nitrogens with zero attached hydrogens (tertiary/aromatic N) is 2. The van der Waals surface area contributed by atoms with E-state index in [0.29, 0.717) is 12.5 Å². The van der Waals surface area contributed by atoms with E-state index in [4.69, 9.17) is 4.74 Å². The Labute approximate surface area is 174 Å². The average molecular weight is 403 g/mol. The summed E-state index contributed by atoms with van der Waals surface area (Å²) in [5.41, 5.74) is 2.18. The maximum Gasteiger partial charge on any atom is 0.229 e. The van der Waals surface area contributed by atoms with E-state index >= 15 is 0 Å². The smallest absolute Gasteiger partial charge is 0.229 e. The van der Waals surface area contributed by atoms with Crippen molar-refractivity contribution >= 4 is 17.7 Å². The van der Waals surface area contributed by atoms with Gasteiger partial charge in [-0.15, -0.1) is 11.8 Å². The normalized spacial score (nSPS) is 20.2. The molecule has 1 atom stereocenters. The van der Waals surface area contributed by atoms with Gasteiger partial charge in [0, 0.05) is 31.1 Å². The van der Waals surface area contributed by atoms with E-state index in [1.165, 1.54) is 37.7 Å². The van der Waals surface area contributed by atoms with Crippen molar-refractivity contribution in [2.45, 2.75) is 62.8 Å². The molecule has 1 heterocycles. The Kier molecular flexibility index (Phi) is 7.72. The monoisotopic (exact) mass is 402 g/mol. The number of carbonyl (C=O) groups excluding carboxylic acids is 1. The minimum atomic E-state index is 0.225. The SMILES string of the molecule is C=C(CC(=O)N1CCSC1CCc1ccccc1OC)N(C)C1CCCCC1. The molecular weight excluding hydrogens is 368 g/mol. The molecule has 0 bridgehead atoms. The largest absolute Gasteiger partial charge is 0.496 e. The summed E-state index contributed by atoms with van der Waals surface area (Å²) in [6, 6.07) is 8.73. The molecule has 5 heteroatoms. The molecule has 2 fully saturated rings. The van der Waals surface area contributed by atoms with Gasteiger partial charge >= 0.3 is 0 Å². The zero-order valence-corrected chi connectivity index (χ0v) is 18.2. The fourth-order valence-electron chi connectivity index (χ4n) is 4.36. The molecule has 28 heavy (non-hydrogen) atoms. The molecule has 1 saturated carbocycles. The molecule has 3 rings (SSSR count). The number of rotatable bonds is 8. The van der Waals surface area contributed by atoms with E-state index in [0.717, 1.165) is 36.6 Å². The van der Waals surface area contributed by atoms with Crippen molar-refractivity contribution in [2.24, 2.45) is 0 Å². The highest BCUT2D eigenvalue weighted by atomic mass is 32.2. The second kappa shape index (κ2) is 10.2. The van der Waals surface area contributed by atoms with Crippen molar-refractivity contribution in [3.05, 3.63) is 42.1 Å². The fourth-order valence-corrected chi connectivity index (χ4v) is 5.62. The summed E-state index contributed by atoms with van der Waals surface area (Å²) < 4.78 is 5.47. The van der Waals surface area contributed by atoms with Crippen molar-refractivity contribution in [3.8, 4) is 5.75 Å². The fraction of sp³-hybridized carbons (Fsp3) is 0.609. The number of hydrogen-bond donors (Lipinski definition) is 0. The van der Waals surface area contributed by atoms with E-state index in [2.05, 4.69) is 29.5 Å². The first-order valence-corrected chi connectivity index (χ1v) is 11.6. The maximum atomic E-state index is 13.0. The van der Waals surface area contributed by atoms with Gasteiger partial charge in [0.05, 0.1) is 18.9 Å². The van der Waals surface area contributed by atoms with E-state index < -0.39 is 0 Å². The molecule has 0 aromatic heterocycles. The Morgan fingerprint density at radius 3 is 2.79 bits per heavy atom. The molecule has 1 aromatic rings. The molecule has 0 radical (unpaired) electrons. The Balaban J connectivity index is 1.53. The van der Waals surface area contributed by atoms with Gasteiger partial charge in [-0.25, -0.2) is 0 Å². The van der Waals surface area contributed by atoms with Crippen molar-refractivity contribution in [2.75, 3.05) is 26.5 Å². The standard InChI is InChI=1S/C23H34N2O2S/c1-18(24(2)20-10-5-4-6-11-20)17-22(26)25-15-16-28-23(25)14-13-19-9-7-8-12-21(19)27-3/h7-9,12,20,23H,1,4-6,10-11,13-17H2,2-3H3. The van der Waals surface area contributed by atoms with Crippen LogP contribution in [0.2, 0.25) is 0 Å². The first-order valence-electron chi connectivity index (χ1n) is 10.5. The number of amides is 1. The average Bonchev–Trinajstić information content (AvgIpc) is 3.21. The van der Waals surface area contributed by atoms with Crippen LogP contribution in [-0.2, 0) is 11.2 Å². The number of carbonyl (C=O) groups is 1. The molecule has 1 aromatic carbocycles. The Hall–Kier alpha value is -1.62. The first-order chi connectivity index (χ1) is 13.6. The topological polar surface area (TPSA) is 32.8 Å². The number of para-hydroxylation sites is 1. The summed E-state index contributed by atoms with van der Waals surface area (Å²) in [5.74, 6) is 2.18. The first kappa shape index (κ1) is 21.1. The molecule has 4 nitrogen and oxygen atoms in total. The molecule has 0 spiro atoms. The van der Waals surface area contributed by atoms with E-state index in [-0.39, 0.29) is 11.3 Å². The van der Waals surface area contributed by atoms with Crippen molar-refractivity contribution in [3.63, 3.8) is 0 Å². The third-order valence-electron chi connectivity index (χ3n) is 6.14. The highest BCUT2D eigenvalue weighted by Gasteiger charge is 2.30. The summed E-state index contributed by atoms with van der Waals surface area (Å²) >= 11 is 1.90. The van der Waals surface area contributed by atoms with Crippen LogP contribution in [0.25, 0.3) is 0 Å². The van der Waals surface area contributed by atoms with Gasteiger partial charge in [-0.2, -0.15) is 0 Å². The lowest BCUT2D eigenvalue weighted by Crippen LogP contribution is -2.38. The molecule has 1 aliphatic heterocycles. The lowest BCUT2D eigenvalue weighted by Gasteiger charge is -2.35. The van der Waals surface area contributed by atoms with Gasteiger partial charge < -0.3 is 14.5 Å². The summed E-state index contributed by atoms with van der Waals surface area (Å²) in [6.07, 6.45) is 8.72. The van der Waals surface area contributed by atoms with Gasteiger partial charge in [0.15, 0.2) is 0 Å². The lowest BCUT2D eigenvalue weighted by atomic mass is 9.94. The van der Waals surface area contributed by atoms with Gasteiger partial charge in [-0.3, -0.25) is 4.79 Å². The minimum Gasteiger partial charge on any atom is -0.496 e. The number of ether oxygens (including phenoxy) is 1. The maximum absolute atomic E-state index is 13.0. The Morgan fingerprint density at radius 2 is 2.04 bits per heavy atom. The van der Waals surface area contributed by atoms with E-state index in [1.807, 2.05) is 30.0 Å². The quantitative estimate of drug-likeness (QED) is 0.631. The van der Waals surface area contributed by atoms with Gasteiger partial charge in [-0.05, 0) is 37.3 Å². The Bertz CT molecular complexity index is 672. The van der Waals surface area contributed by atoms with Crippen LogP contribution in [0.3, 0.4) is 0 Å². The summed E-state index contributed by atoms with van der Waals surface area (Å²) in [5, 5.41) is 0.255. The molecule has 1 amide bonds. The molecule has 0 N–H and O–H groups in total. The second-order valence-corrected chi connectivity index (χ2v) is 9.19. The molecular formula is C23H34N2O2S. The zero-order valence-electron chi connectivity index (χ0n) is 17.4. The van der Waals surface area contributed by atoms with Crippen LogP contribution in [0.5, 0.6) is 5.75 Å². The number of methoxy groups -OCH3 is 1. The summed E-state index contributed by atoms with van der Waals surface area (Å²) in [4.78, 5) is 17.3. The van der Waals surface area contributed by atoms with Gasteiger partial charge in [-0.1, -0.05) is 44.0 Å². The molecule has 1 saturated heterocycles. The number of benzene rings is 1. The summed E-state index contributed by atoms with van der Waals surface area (Å²) in [6.45, 7) is 5.09. The third-order valence-corrected chi connectivity index (χ3v) is 7.43. The number of hydrogen-bond acceptors (Lipinski definition) is 4. The van der Waals surface area contributed by atoms with Gasteiger partial charge in [0.2, 0.25) is 5.91 Å². The van der Waals surface area contributed by atoms with Crippen LogP contribution < -0.4 is 4.74 Å². The minimum absolute atomic E-state index is 0.225. The number of thioether (sulfide) groups is 1. The van der Waals surface area contributed by atoms with E-state index in [1.54, 1.807) is 7.11 Å². The third kappa shape index (κ3) is 5.25. The van der Waals surface area contributed by atoms with Crippen LogP contribution in [0, 0.1) is 0 Å². The predicted octanol–water partition coefficient (Wildman–Crippen LogP) is 4.70. The predicted molar refractivity (Wildman–Crippen MR) is 118 cm³/mol. The molecule has 1 unspecified atom stereocenters. The van der Waals surface area contributed by atoms with E-state index in [9.17, 15) is 4.79 Å². The van der Waals surface area contributed by atoms with Crippen molar-refractivity contribution in [1.29, 1.82) is 0 Å². The molecule has 2 aliphatic rings. The van der Waals surface area contributed by atoms with Crippen LogP contribution in [-0.4, -0.2) is 53.6 Å². The molecule has 154 valence electrons. The van der Waals surface area contributed by atoms with Crippen molar-refractivity contribution < 1.29 is 9.53 Å². The van der Waals surface area contributed by atoms with Gasteiger partial charge in [0.1, 0.15) is 5.75 Å². The zero-order chi connectivity index (χ0) is 19.9. The van der Waals surface area contributed by atoms with Gasteiger partial charge in [0.25, 0.3) is 0 Å². The summed E-state index contributed by atoms with van der Waals surface area (Å²) in [7, 11) is 3.83. The van der Waals surface area contributed by atoms with Crippen molar-refractivity contribution in [1.82, 2.24) is 9.80 Å². The highest BCUT2D eigenvalue weighted by Crippen LogP contribution is 2.31. The number of aryl methyl sites for hydroxylation is 1. The van der Waals surface area contributed by atoms with Crippen LogP contribution >= 0.6 is 11.8 Å².